The van der Waals surface area contributed by atoms with Crippen LogP contribution in [0.15, 0.2) is 30.3 Å². The first-order valence-electron chi connectivity index (χ1n) is 10.1. The highest BCUT2D eigenvalue weighted by Gasteiger charge is 2.32. The van der Waals surface area contributed by atoms with Gasteiger partial charge in [-0.25, -0.2) is 0 Å². The van der Waals surface area contributed by atoms with Crippen molar-refractivity contribution in [1.82, 2.24) is 14.8 Å². The molecule has 2 aliphatic heterocycles. The molecule has 0 bridgehead atoms. The van der Waals surface area contributed by atoms with Crippen LogP contribution in [0.3, 0.4) is 0 Å². The van der Waals surface area contributed by atoms with Gasteiger partial charge in [-0.05, 0) is 50.5 Å². The largest absolute Gasteiger partial charge is 0.373 e. The lowest BCUT2D eigenvalue weighted by Crippen LogP contribution is -2.35. The van der Waals surface area contributed by atoms with Gasteiger partial charge < -0.3 is 19.5 Å². The molecule has 3 heterocycles. The van der Waals surface area contributed by atoms with Gasteiger partial charge in [0.2, 0.25) is 0 Å². The number of nitrogens with one attached hydrogen (secondary N) is 1. The zero-order valence-electron chi connectivity index (χ0n) is 16.8. The second-order valence-electron chi connectivity index (χ2n) is 7.83. The molecule has 2 amide bonds. The minimum absolute atomic E-state index is 0.00273. The zero-order chi connectivity index (χ0) is 20.5. The lowest BCUT2D eigenvalue weighted by atomic mass is 10.1. The molecule has 7 heteroatoms. The van der Waals surface area contributed by atoms with Crippen LogP contribution in [0.4, 0.5) is 0 Å². The molecule has 2 aliphatic rings. The average molecular weight is 416 g/mol. The van der Waals surface area contributed by atoms with Crippen molar-refractivity contribution < 1.29 is 14.3 Å². The van der Waals surface area contributed by atoms with Gasteiger partial charge in [-0.1, -0.05) is 23.7 Å². The smallest absolute Gasteiger partial charge is 0.270 e. The van der Waals surface area contributed by atoms with Crippen LogP contribution in [0, 0.1) is 0 Å². The number of amides is 2. The summed E-state index contributed by atoms with van der Waals surface area (Å²) in [7, 11) is 0. The number of benzene rings is 1. The summed E-state index contributed by atoms with van der Waals surface area (Å²) in [6.07, 6.45) is 2.05. The molecule has 2 atom stereocenters. The minimum Gasteiger partial charge on any atom is -0.373 e. The Hall–Kier alpha value is -2.31. The van der Waals surface area contributed by atoms with Crippen molar-refractivity contribution in [2.24, 2.45) is 0 Å². The first-order chi connectivity index (χ1) is 14.0. The molecule has 2 aromatic rings. The van der Waals surface area contributed by atoms with Crippen molar-refractivity contribution in [2.75, 3.05) is 13.2 Å². The quantitative estimate of drug-likeness (QED) is 0.826. The summed E-state index contributed by atoms with van der Waals surface area (Å²) >= 11 is 5.95. The van der Waals surface area contributed by atoms with E-state index >= 15 is 0 Å². The lowest BCUT2D eigenvalue weighted by Gasteiger charge is -2.24. The minimum atomic E-state index is -0.199. The van der Waals surface area contributed by atoms with E-state index in [0.29, 0.717) is 36.0 Å². The summed E-state index contributed by atoms with van der Waals surface area (Å²) in [5, 5.41) is 3.69. The first kappa shape index (κ1) is 20.0. The normalized spacial score (nSPS) is 19.7. The van der Waals surface area contributed by atoms with Gasteiger partial charge in [0.25, 0.3) is 11.8 Å². The molecule has 29 heavy (non-hydrogen) atoms. The van der Waals surface area contributed by atoms with Crippen molar-refractivity contribution in [2.45, 2.75) is 51.9 Å². The predicted molar refractivity (Wildman–Crippen MR) is 111 cm³/mol. The Labute approximate surface area is 175 Å². The highest BCUT2D eigenvalue weighted by atomic mass is 35.5. The number of carbonyl (C=O) groups is 2. The monoisotopic (exact) mass is 415 g/mol. The number of aromatic nitrogens is 1. The summed E-state index contributed by atoms with van der Waals surface area (Å²) in [4.78, 5) is 28.1. The third-order valence-corrected chi connectivity index (χ3v) is 6.15. The number of hydrogen-bond donors (Lipinski definition) is 1. The van der Waals surface area contributed by atoms with E-state index in [4.69, 9.17) is 16.3 Å². The van der Waals surface area contributed by atoms with E-state index in [1.807, 2.05) is 40.7 Å². The van der Waals surface area contributed by atoms with Crippen LogP contribution in [0.2, 0.25) is 5.02 Å². The third kappa shape index (κ3) is 3.91. The maximum Gasteiger partial charge on any atom is 0.270 e. The standard InChI is InChI=1S/C22H26ClN3O3/c1-14-4-3-9-25(14)22(28)19-12-18(20-13-29-11-10-26(19)20)21(27)24-15(2)16-5-7-17(23)8-6-16/h5-8,12,14-15H,3-4,9-11,13H2,1-2H3,(H,24,27)/t14-,15+/m0/s1. The van der Waals surface area contributed by atoms with E-state index in [0.717, 1.165) is 30.6 Å². The number of hydrogen-bond acceptors (Lipinski definition) is 3. The van der Waals surface area contributed by atoms with Gasteiger partial charge in [0.15, 0.2) is 0 Å². The molecule has 4 rings (SSSR count). The highest BCUT2D eigenvalue weighted by molar-refractivity contribution is 6.30. The van der Waals surface area contributed by atoms with E-state index in [9.17, 15) is 9.59 Å². The molecule has 154 valence electrons. The number of carbonyl (C=O) groups excluding carboxylic acids is 2. The molecular weight excluding hydrogens is 390 g/mol. The van der Waals surface area contributed by atoms with Gasteiger partial charge in [-0.15, -0.1) is 0 Å². The molecule has 1 N–H and O–H groups in total. The molecule has 0 aliphatic carbocycles. The van der Waals surface area contributed by atoms with Gasteiger partial charge in [0.1, 0.15) is 5.69 Å². The molecular formula is C22H26ClN3O3. The van der Waals surface area contributed by atoms with Crippen molar-refractivity contribution in [3.8, 4) is 0 Å². The maximum atomic E-state index is 13.2. The van der Waals surface area contributed by atoms with Crippen molar-refractivity contribution in [1.29, 1.82) is 0 Å². The fourth-order valence-electron chi connectivity index (χ4n) is 4.19. The number of ether oxygens (including phenoxy) is 1. The average Bonchev–Trinajstić information content (AvgIpc) is 3.32. The van der Waals surface area contributed by atoms with E-state index in [1.54, 1.807) is 6.07 Å². The summed E-state index contributed by atoms with van der Waals surface area (Å²) in [5.74, 6) is -0.196. The second kappa shape index (κ2) is 8.20. The molecule has 0 spiro atoms. The number of likely N-dealkylation sites (tertiary alicyclic amines) is 1. The Kier molecular flexibility index (Phi) is 5.65. The summed E-state index contributed by atoms with van der Waals surface area (Å²) in [6, 6.07) is 9.20. The topological polar surface area (TPSA) is 63.6 Å². The first-order valence-corrected chi connectivity index (χ1v) is 10.5. The summed E-state index contributed by atoms with van der Waals surface area (Å²) in [6.45, 7) is 6.24. The molecule has 0 unspecified atom stereocenters. The van der Waals surface area contributed by atoms with E-state index in [1.165, 1.54) is 0 Å². The van der Waals surface area contributed by atoms with Crippen LogP contribution in [0.25, 0.3) is 0 Å². The zero-order valence-corrected chi connectivity index (χ0v) is 17.5. The van der Waals surface area contributed by atoms with Crippen LogP contribution in [-0.4, -0.2) is 40.5 Å². The number of fused-ring (bicyclic) bond motifs is 1. The molecule has 1 saturated heterocycles. The van der Waals surface area contributed by atoms with Crippen LogP contribution in [-0.2, 0) is 17.9 Å². The lowest BCUT2D eigenvalue weighted by molar-refractivity contribution is 0.0684. The fraction of sp³-hybridized carbons (Fsp3) is 0.455. The number of nitrogens with zero attached hydrogens (tertiary/aromatic N) is 2. The van der Waals surface area contributed by atoms with Crippen molar-refractivity contribution in [3.63, 3.8) is 0 Å². The Morgan fingerprint density at radius 3 is 2.69 bits per heavy atom. The van der Waals surface area contributed by atoms with Gasteiger partial charge in [0.05, 0.1) is 30.5 Å². The Balaban J connectivity index is 1.60. The predicted octanol–water partition coefficient (Wildman–Crippen LogP) is 3.79. The summed E-state index contributed by atoms with van der Waals surface area (Å²) in [5.41, 5.74) is 2.84. The van der Waals surface area contributed by atoms with Gasteiger partial charge in [0, 0.05) is 24.2 Å². The fourth-order valence-corrected chi connectivity index (χ4v) is 4.32. The molecule has 1 aromatic carbocycles. The molecule has 0 radical (unpaired) electrons. The van der Waals surface area contributed by atoms with Crippen molar-refractivity contribution in [3.05, 3.63) is 57.9 Å². The third-order valence-electron chi connectivity index (χ3n) is 5.90. The number of rotatable bonds is 4. The highest BCUT2D eigenvalue weighted by Crippen LogP contribution is 2.26. The van der Waals surface area contributed by atoms with Gasteiger partial charge in [-0.3, -0.25) is 9.59 Å². The maximum absolute atomic E-state index is 13.2. The van der Waals surface area contributed by atoms with E-state index in [-0.39, 0.29) is 23.9 Å². The van der Waals surface area contributed by atoms with Crippen LogP contribution in [0.5, 0.6) is 0 Å². The SMILES string of the molecule is C[C@@H](NC(=O)c1cc(C(=O)N2CCC[C@@H]2C)n2c1COCC2)c1ccc(Cl)cc1. The van der Waals surface area contributed by atoms with Crippen LogP contribution < -0.4 is 5.32 Å². The number of halogens is 1. The van der Waals surface area contributed by atoms with Crippen LogP contribution >= 0.6 is 11.6 Å². The van der Waals surface area contributed by atoms with E-state index in [2.05, 4.69) is 12.2 Å². The Bertz CT molecular complexity index is 922. The summed E-state index contributed by atoms with van der Waals surface area (Å²) < 4.78 is 7.55. The molecule has 1 fully saturated rings. The van der Waals surface area contributed by atoms with Gasteiger partial charge in [-0.2, -0.15) is 0 Å². The van der Waals surface area contributed by atoms with E-state index < -0.39 is 0 Å². The second-order valence-corrected chi connectivity index (χ2v) is 8.27. The Morgan fingerprint density at radius 1 is 1.24 bits per heavy atom. The van der Waals surface area contributed by atoms with Crippen LogP contribution in [0.1, 0.15) is 64.8 Å². The van der Waals surface area contributed by atoms with Crippen molar-refractivity contribution >= 4 is 23.4 Å². The molecule has 6 nitrogen and oxygen atoms in total. The molecule has 1 aromatic heterocycles. The van der Waals surface area contributed by atoms with Gasteiger partial charge >= 0.3 is 0 Å². The Morgan fingerprint density at radius 2 is 2.00 bits per heavy atom. The molecule has 0 saturated carbocycles.